The molecule has 1 atom stereocenters. The van der Waals surface area contributed by atoms with Crippen molar-refractivity contribution in [3.63, 3.8) is 0 Å². The first-order valence-electron chi connectivity index (χ1n) is 3.74. The quantitative estimate of drug-likeness (QED) is 0.720. The van der Waals surface area contributed by atoms with E-state index >= 15 is 0 Å². The van der Waals surface area contributed by atoms with Gasteiger partial charge in [0.05, 0.1) is 0 Å². The first-order valence-corrected chi connectivity index (χ1v) is 3.74. The van der Waals surface area contributed by atoms with Crippen molar-refractivity contribution in [2.45, 2.75) is 19.8 Å². The molecular weight excluding hydrogens is 425 g/mol. The van der Waals surface area contributed by atoms with Crippen molar-refractivity contribution < 1.29 is 63.7 Å². The minimum absolute atomic E-state index is 0. The normalized spacial score (nSPS) is 10.7. The van der Waals surface area contributed by atoms with Gasteiger partial charge in [0.15, 0.2) is 0 Å². The maximum atomic E-state index is 10.6. The summed E-state index contributed by atoms with van der Waals surface area (Å²) in [6.07, 6.45) is 0. The summed E-state index contributed by atoms with van der Waals surface area (Å²) in [7, 11) is 0. The smallest absolute Gasteiger partial charge is 0.306 e. The van der Waals surface area contributed by atoms with Gasteiger partial charge in [-0.25, -0.2) is 0 Å². The van der Waals surface area contributed by atoms with Crippen molar-refractivity contribution in [2.24, 2.45) is 0 Å². The Bertz CT molecular complexity index is 302. The van der Waals surface area contributed by atoms with Crippen molar-refractivity contribution in [3.05, 3.63) is 35.4 Å². The van der Waals surface area contributed by atoms with Gasteiger partial charge in [-0.2, -0.15) is 0 Å². The molecule has 0 bridgehead atoms. The van der Waals surface area contributed by atoms with Crippen molar-refractivity contribution in [1.29, 1.82) is 0 Å². The molecule has 2 nitrogen and oxygen atoms in total. The first kappa shape index (κ1) is 16.9. The molecule has 1 radical (unpaired) electrons. The van der Waals surface area contributed by atoms with Crippen LogP contribution in [0.5, 0.6) is 0 Å². The summed E-state index contributed by atoms with van der Waals surface area (Å²) in [5.41, 5.74) is 1.66. The number of carboxylic acid groups (broad SMARTS) is 1. The van der Waals surface area contributed by atoms with Gasteiger partial charge >= 0.3 is 5.97 Å². The standard InChI is InChI=1S/C10H10O2.W.Y/c1-7-5-3-4-6-9(7)8(2)10(11)12;;/h4-5,8H,1-2H3,(H,11,12);;/q-2;;. The zero-order valence-corrected chi connectivity index (χ0v) is 13.8. The monoisotopic (exact) mass is 435 g/mol. The number of aliphatic carboxylic acids is 1. The van der Waals surface area contributed by atoms with Gasteiger partial charge in [0, 0.05) is 59.7 Å². The maximum Gasteiger partial charge on any atom is 0.306 e. The number of hydrogen-bond acceptors (Lipinski definition) is 1. The molecule has 0 aliphatic rings. The first-order chi connectivity index (χ1) is 5.63. The molecule has 1 aromatic carbocycles. The molecule has 1 rings (SSSR count). The molecule has 1 unspecified atom stereocenters. The average molecular weight is 435 g/mol. The molecule has 73 valence electrons. The fraction of sp³-hybridized carbons (Fsp3) is 0.300. The summed E-state index contributed by atoms with van der Waals surface area (Å²) >= 11 is 0. The molecule has 0 fully saturated rings. The van der Waals surface area contributed by atoms with Crippen molar-refractivity contribution in [3.8, 4) is 0 Å². The van der Waals surface area contributed by atoms with E-state index in [1.54, 1.807) is 19.1 Å². The zero-order chi connectivity index (χ0) is 9.14. The molecule has 0 amide bonds. The Hall–Kier alpha value is 0.482. The molecule has 0 aliphatic carbocycles. The number of hydrogen-bond donors (Lipinski definition) is 1. The molecule has 0 spiro atoms. The van der Waals surface area contributed by atoms with Gasteiger partial charge in [-0.1, -0.05) is 6.92 Å². The van der Waals surface area contributed by atoms with Crippen LogP contribution in [0.4, 0.5) is 0 Å². The molecule has 0 aromatic heterocycles. The third-order valence-electron chi connectivity index (χ3n) is 1.84. The second-order valence-electron chi connectivity index (χ2n) is 2.76. The number of rotatable bonds is 2. The summed E-state index contributed by atoms with van der Waals surface area (Å²) in [5.74, 6) is -1.31. The zero-order valence-electron chi connectivity index (χ0n) is 8.07. The van der Waals surface area contributed by atoms with Crippen LogP contribution >= 0.6 is 0 Å². The fourth-order valence-electron chi connectivity index (χ4n) is 1.07. The van der Waals surface area contributed by atoms with Crippen LogP contribution in [0.1, 0.15) is 24.0 Å². The molecule has 14 heavy (non-hydrogen) atoms. The molecule has 0 saturated carbocycles. The number of carboxylic acids is 1. The van der Waals surface area contributed by atoms with Crippen LogP contribution in [0, 0.1) is 19.1 Å². The third kappa shape index (κ3) is 4.34. The summed E-state index contributed by atoms with van der Waals surface area (Å²) in [4.78, 5) is 10.6. The molecular formula is C10H10O2WY-2. The molecule has 1 aromatic rings. The molecule has 0 aliphatic heterocycles. The van der Waals surface area contributed by atoms with Crippen LogP contribution in [0.15, 0.2) is 12.1 Å². The minimum atomic E-state index is -0.819. The van der Waals surface area contributed by atoms with E-state index in [1.807, 2.05) is 6.92 Å². The van der Waals surface area contributed by atoms with E-state index < -0.39 is 11.9 Å². The van der Waals surface area contributed by atoms with Crippen LogP contribution in [0.3, 0.4) is 0 Å². The van der Waals surface area contributed by atoms with Gasteiger partial charge < -0.3 is 23.3 Å². The Morgan fingerprint density at radius 2 is 2.14 bits per heavy atom. The third-order valence-corrected chi connectivity index (χ3v) is 1.84. The molecule has 4 heteroatoms. The van der Waals surface area contributed by atoms with Crippen LogP contribution in [0.25, 0.3) is 0 Å². The van der Waals surface area contributed by atoms with Crippen molar-refractivity contribution in [1.82, 2.24) is 0 Å². The van der Waals surface area contributed by atoms with Gasteiger partial charge in [0.25, 0.3) is 0 Å². The number of aryl methyl sites for hydroxylation is 1. The Kier molecular flexibility index (Phi) is 9.33. The summed E-state index contributed by atoms with van der Waals surface area (Å²) < 4.78 is 0. The second-order valence-corrected chi connectivity index (χ2v) is 2.76. The topological polar surface area (TPSA) is 37.3 Å². The van der Waals surface area contributed by atoms with Gasteiger partial charge in [0.2, 0.25) is 0 Å². The molecule has 1 N–H and O–H groups in total. The van der Waals surface area contributed by atoms with Gasteiger partial charge in [0.1, 0.15) is 0 Å². The van der Waals surface area contributed by atoms with Crippen LogP contribution in [0.2, 0.25) is 0 Å². The van der Waals surface area contributed by atoms with Crippen molar-refractivity contribution >= 4 is 5.97 Å². The Morgan fingerprint density at radius 3 is 2.57 bits per heavy atom. The summed E-state index contributed by atoms with van der Waals surface area (Å²) in [6, 6.07) is 9.11. The Balaban J connectivity index is 0. The maximum absolute atomic E-state index is 10.6. The van der Waals surface area contributed by atoms with Crippen LogP contribution in [-0.4, -0.2) is 11.1 Å². The van der Waals surface area contributed by atoms with E-state index in [9.17, 15) is 4.79 Å². The predicted molar refractivity (Wildman–Crippen MR) is 44.9 cm³/mol. The summed E-state index contributed by atoms with van der Waals surface area (Å²) in [6.45, 7) is 3.52. The van der Waals surface area contributed by atoms with Crippen LogP contribution < -0.4 is 0 Å². The van der Waals surface area contributed by atoms with Gasteiger partial charge in [-0.05, 0) is 0 Å². The van der Waals surface area contributed by atoms with E-state index in [0.717, 1.165) is 11.1 Å². The Morgan fingerprint density at radius 1 is 1.57 bits per heavy atom. The second kappa shape index (κ2) is 7.73. The van der Waals surface area contributed by atoms with E-state index in [4.69, 9.17) is 5.11 Å². The van der Waals surface area contributed by atoms with Gasteiger partial charge in [-0.15, -0.1) is 6.92 Å². The predicted octanol–water partition coefficient (Wildman–Crippen LogP) is 1.78. The minimum Gasteiger partial charge on any atom is -0.481 e. The Labute approximate surface area is 124 Å². The molecule has 0 heterocycles. The van der Waals surface area contributed by atoms with E-state index in [-0.39, 0.29) is 53.8 Å². The van der Waals surface area contributed by atoms with Crippen molar-refractivity contribution in [2.75, 3.05) is 0 Å². The summed E-state index contributed by atoms with van der Waals surface area (Å²) in [5, 5.41) is 8.73. The van der Waals surface area contributed by atoms with E-state index in [0.29, 0.717) is 0 Å². The number of benzene rings is 1. The fourth-order valence-corrected chi connectivity index (χ4v) is 1.07. The SMILES string of the molecule is Cc1c[c-]c[c-]c1C(C)C(=O)O.[W].[Y]. The molecule has 0 saturated heterocycles. The largest absolute Gasteiger partial charge is 0.481 e. The van der Waals surface area contributed by atoms with E-state index in [2.05, 4.69) is 12.1 Å². The van der Waals surface area contributed by atoms with Gasteiger partial charge in [-0.3, -0.25) is 22.0 Å². The van der Waals surface area contributed by atoms with E-state index in [1.165, 1.54) is 0 Å². The number of carbonyl (C=O) groups is 1. The van der Waals surface area contributed by atoms with Crippen LogP contribution in [-0.2, 0) is 58.6 Å². The average Bonchev–Trinajstić information content (AvgIpc) is 2.04.